The van der Waals surface area contributed by atoms with Crippen LogP contribution in [0.4, 0.5) is 0 Å². The van der Waals surface area contributed by atoms with Crippen LogP contribution in [0.25, 0.3) is 0 Å². The van der Waals surface area contributed by atoms with Gasteiger partial charge < -0.3 is 9.47 Å². The van der Waals surface area contributed by atoms with E-state index in [1.165, 1.54) is 6.08 Å². The van der Waals surface area contributed by atoms with E-state index in [9.17, 15) is 9.59 Å². The molecule has 2 bridgehead atoms. The lowest BCUT2D eigenvalue weighted by Crippen LogP contribution is -2.63. The SMILES string of the molecule is C=CC(=O)OC12CC3CC1C(C)(C3)OC(=O)C2CC. The van der Waals surface area contributed by atoms with E-state index in [1.807, 2.05) is 13.8 Å². The Morgan fingerprint density at radius 1 is 1.58 bits per heavy atom. The van der Waals surface area contributed by atoms with E-state index >= 15 is 0 Å². The minimum absolute atomic E-state index is 0.136. The minimum atomic E-state index is -0.660. The maximum atomic E-state index is 12.2. The van der Waals surface area contributed by atoms with Gasteiger partial charge in [-0.25, -0.2) is 4.79 Å². The molecule has 0 aromatic heterocycles. The number of hydrogen-bond acceptors (Lipinski definition) is 4. The summed E-state index contributed by atoms with van der Waals surface area (Å²) in [6.45, 7) is 7.40. The molecule has 19 heavy (non-hydrogen) atoms. The Hall–Kier alpha value is -1.32. The lowest BCUT2D eigenvalue weighted by molar-refractivity contribution is -0.234. The molecule has 5 unspecified atom stereocenters. The standard InChI is InChI=1S/C15H20O4/c1-4-10-13(17)19-14(3)7-9-6-11(14)15(10,8-9)18-12(16)5-2/h5,9-11H,2,4,6-8H2,1,3H3. The molecule has 1 heterocycles. The van der Waals surface area contributed by atoms with Gasteiger partial charge in [-0.2, -0.15) is 0 Å². The molecule has 0 N–H and O–H groups in total. The van der Waals surface area contributed by atoms with Crippen LogP contribution < -0.4 is 0 Å². The summed E-state index contributed by atoms with van der Waals surface area (Å²) >= 11 is 0. The summed E-state index contributed by atoms with van der Waals surface area (Å²) in [6, 6.07) is 0. The van der Waals surface area contributed by atoms with Crippen molar-refractivity contribution in [1.29, 1.82) is 0 Å². The Morgan fingerprint density at radius 3 is 2.89 bits per heavy atom. The molecule has 0 aromatic rings. The maximum absolute atomic E-state index is 12.2. The zero-order chi connectivity index (χ0) is 13.8. The molecular weight excluding hydrogens is 244 g/mol. The van der Waals surface area contributed by atoms with Crippen molar-refractivity contribution in [2.24, 2.45) is 17.8 Å². The molecule has 1 aliphatic heterocycles. The van der Waals surface area contributed by atoms with Crippen molar-refractivity contribution in [3.63, 3.8) is 0 Å². The summed E-state index contributed by atoms with van der Waals surface area (Å²) in [7, 11) is 0. The zero-order valence-electron chi connectivity index (χ0n) is 11.5. The fourth-order valence-electron chi connectivity index (χ4n) is 4.77. The van der Waals surface area contributed by atoms with Crippen LogP contribution in [0.2, 0.25) is 0 Å². The van der Waals surface area contributed by atoms with Crippen LogP contribution in [0.5, 0.6) is 0 Å². The second kappa shape index (κ2) is 3.84. The normalized spacial score (nSPS) is 46.8. The Kier molecular flexibility index (Phi) is 2.57. The molecular formula is C15H20O4. The van der Waals surface area contributed by atoms with E-state index in [4.69, 9.17) is 9.47 Å². The Morgan fingerprint density at radius 2 is 2.32 bits per heavy atom. The van der Waals surface area contributed by atoms with Gasteiger partial charge >= 0.3 is 11.9 Å². The molecule has 0 spiro atoms. The summed E-state index contributed by atoms with van der Waals surface area (Å²) < 4.78 is 11.4. The first kappa shape index (κ1) is 12.7. The van der Waals surface area contributed by atoms with Crippen molar-refractivity contribution >= 4 is 11.9 Å². The molecule has 3 rings (SSSR count). The minimum Gasteiger partial charge on any atom is -0.459 e. The molecule has 3 aliphatic rings. The number of esters is 2. The lowest BCUT2D eigenvalue weighted by atomic mass is 9.65. The highest BCUT2D eigenvalue weighted by Gasteiger charge is 2.71. The predicted octanol–water partition coefficient (Wildman–Crippen LogP) is 2.23. The molecule has 2 aliphatic carbocycles. The summed E-state index contributed by atoms with van der Waals surface area (Å²) in [5.74, 6) is -0.340. The molecule has 4 heteroatoms. The number of ether oxygens (including phenoxy) is 2. The topological polar surface area (TPSA) is 52.6 Å². The van der Waals surface area contributed by atoms with Crippen molar-refractivity contribution in [2.75, 3.05) is 0 Å². The Bertz CT molecular complexity index is 457. The summed E-state index contributed by atoms with van der Waals surface area (Å²) in [5, 5.41) is 0. The third kappa shape index (κ3) is 1.52. The van der Waals surface area contributed by atoms with E-state index in [0.717, 1.165) is 19.3 Å². The first-order valence-corrected chi connectivity index (χ1v) is 7.03. The highest BCUT2D eigenvalue weighted by Crippen LogP contribution is 2.64. The molecule has 104 valence electrons. The van der Waals surface area contributed by atoms with Gasteiger partial charge in [0.25, 0.3) is 0 Å². The highest BCUT2D eigenvalue weighted by molar-refractivity contribution is 5.83. The van der Waals surface area contributed by atoms with Crippen molar-refractivity contribution in [1.82, 2.24) is 0 Å². The van der Waals surface area contributed by atoms with Gasteiger partial charge in [0.1, 0.15) is 11.2 Å². The van der Waals surface area contributed by atoms with E-state index in [1.54, 1.807) is 0 Å². The number of carbonyl (C=O) groups excluding carboxylic acids is 2. The molecule has 0 aromatic carbocycles. The fourth-order valence-corrected chi connectivity index (χ4v) is 4.77. The van der Waals surface area contributed by atoms with E-state index < -0.39 is 17.2 Å². The van der Waals surface area contributed by atoms with E-state index in [-0.39, 0.29) is 17.8 Å². The van der Waals surface area contributed by atoms with E-state index in [2.05, 4.69) is 6.58 Å². The molecule has 0 amide bonds. The van der Waals surface area contributed by atoms with Crippen LogP contribution in [0.1, 0.15) is 39.5 Å². The third-order valence-electron chi connectivity index (χ3n) is 5.27. The van der Waals surface area contributed by atoms with Crippen molar-refractivity contribution in [2.45, 2.75) is 50.7 Å². The Balaban J connectivity index is 2.03. The Labute approximate surface area is 113 Å². The number of rotatable bonds is 3. The first-order valence-electron chi connectivity index (χ1n) is 7.03. The average Bonchev–Trinajstić information content (AvgIpc) is 2.83. The van der Waals surface area contributed by atoms with Gasteiger partial charge in [0, 0.05) is 12.0 Å². The van der Waals surface area contributed by atoms with Crippen molar-refractivity contribution < 1.29 is 19.1 Å². The summed E-state index contributed by atoms with van der Waals surface area (Å²) in [6.07, 6.45) is 4.51. The molecule has 0 radical (unpaired) electrons. The zero-order valence-corrected chi connectivity index (χ0v) is 11.5. The van der Waals surface area contributed by atoms with Crippen LogP contribution in [0, 0.1) is 17.8 Å². The highest BCUT2D eigenvalue weighted by atomic mass is 16.6. The van der Waals surface area contributed by atoms with Crippen LogP contribution in [-0.2, 0) is 19.1 Å². The van der Waals surface area contributed by atoms with Gasteiger partial charge in [-0.15, -0.1) is 0 Å². The number of carbonyl (C=O) groups is 2. The molecule has 3 fully saturated rings. The molecule has 2 saturated carbocycles. The third-order valence-corrected chi connectivity index (χ3v) is 5.27. The maximum Gasteiger partial charge on any atom is 0.330 e. The molecule has 4 nitrogen and oxygen atoms in total. The van der Waals surface area contributed by atoms with Crippen molar-refractivity contribution in [3.05, 3.63) is 12.7 Å². The number of hydrogen-bond donors (Lipinski definition) is 0. The van der Waals surface area contributed by atoms with Gasteiger partial charge in [-0.1, -0.05) is 13.5 Å². The quantitative estimate of drug-likeness (QED) is 0.579. The fraction of sp³-hybridized carbons (Fsp3) is 0.733. The van der Waals surface area contributed by atoms with Crippen LogP contribution in [0.3, 0.4) is 0 Å². The van der Waals surface area contributed by atoms with Gasteiger partial charge in [0.15, 0.2) is 0 Å². The first-order chi connectivity index (χ1) is 8.95. The van der Waals surface area contributed by atoms with Crippen LogP contribution in [0.15, 0.2) is 12.7 Å². The predicted molar refractivity (Wildman–Crippen MR) is 68.1 cm³/mol. The summed E-state index contributed by atoms with van der Waals surface area (Å²) in [4.78, 5) is 24.0. The summed E-state index contributed by atoms with van der Waals surface area (Å²) in [5.41, 5.74) is -1.11. The van der Waals surface area contributed by atoms with Gasteiger partial charge in [0.2, 0.25) is 0 Å². The van der Waals surface area contributed by atoms with Crippen LogP contribution in [-0.4, -0.2) is 23.1 Å². The van der Waals surface area contributed by atoms with Gasteiger partial charge in [-0.3, -0.25) is 4.79 Å². The van der Waals surface area contributed by atoms with Gasteiger partial charge in [0.05, 0.1) is 5.92 Å². The smallest absolute Gasteiger partial charge is 0.330 e. The van der Waals surface area contributed by atoms with Crippen molar-refractivity contribution in [3.8, 4) is 0 Å². The second-order valence-corrected chi connectivity index (χ2v) is 6.34. The monoisotopic (exact) mass is 264 g/mol. The van der Waals surface area contributed by atoms with Gasteiger partial charge in [-0.05, 0) is 38.5 Å². The number of fused-ring (bicyclic) bond motifs is 1. The molecule has 1 saturated heterocycles. The largest absolute Gasteiger partial charge is 0.459 e. The second-order valence-electron chi connectivity index (χ2n) is 6.34. The lowest BCUT2D eigenvalue weighted by Gasteiger charge is -2.53. The average molecular weight is 264 g/mol. The van der Waals surface area contributed by atoms with E-state index in [0.29, 0.717) is 12.3 Å². The van der Waals surface area contributed by atoms with Crippen LogP contribution >= 0.6 is 0 Å². The molecule has 5 atom stereocenters.